The summed E-state index contributed by atoms with van der Waals surface area (Å²) in [4.78, 5) is 31.0. The number of benzene rings is 1. The fourth-order valence-corrected chi connectivity index (χ4v) is 4.07. The smallest absolute Gasteiger partial charge is 0.242 e. The van der Waals surface area contributed by atoms with Crippen LogP contribution in [0.2, 0.25) is 0 Å². The van der Waals surface area contributed by atoms with Crippen molar-refractivity contribution < 1.29 is 23.8 Å². The van der Waals surface area contributed by atoms with Crippen LogP contribution in [0.4, 0.5) is 5.82 Å². The Morgan fingerprint density at radius 2 is 1.75 bits per heavy atom. The van der Waals surface area contributed by atoms with E-state index in [-0.39, 0.29) is 24.3 Å². The number of hydrogen-bond acceptors (Lipinski definition) is 8. The SMILES string of the molecule is COCCN(CC(=O)N1CCN(c2ccc(-c3ccc(OC)cc3OC)nn2)CC1)C(=O)CC(C)C. The Kier molecular flexibility index (Phi) is 9.86. The van der Waals surface area contributed by atoms with Crippen LogP contribution in [-0.4, -0.2) is 99.0 Å². The highest BCUT2D eigenvalue weighted by Crippen LogP contribution is 2.32. The van der Waals surface area contributed by atoms with Crippen LogP contribution in [0, 0.1) is 5.92 Å². The third kappa shape index (κ3) is 7.07. The molecule has 0 saturated carbocycles. The van der Waals surface area contributed by atoms with E-state index in [0.29, 0.717) is 62.9 Å². The Morgan fingerprint density at radius 1 is 1.00 bits per heavy atom. The number of hydrogen-bond donors (Lipinski definition) is 0. The average molecular weight is 500 g/mol. The van der Waals surface area contributed by atoms with Gasteiger partial charge < -0.3 is 28.9 Å². The van der Waals surface area contributed by atoms with E-state index in [4.69, 9.17) is 14.2 Å². The maximum absolute atomic E-state index is 12.9. The van der Waals surface area contributed by atoms with Crippen LogP contribution in [0.5, 0.6) is 11.5 Å². The van der Waals surface area contributed by atoms with Crippen molar-refractivity contribution in [3.63, 3.8) is 0 Å². The van der Waals surface area contributed by atoms with E-state index >= 15 is 0 Å². The van der Waals surface area contributed by atoms with Crippen LogP contribution >= 0.6 is 0 Å². The van der Waals surface area contributed by atoms with Gasteiger partial charge in [-0.3, -0.25) is 9.59 Å². The number of carbonyl (C=O) groups excluding carboxylic acids is 2. The van der Waals surface area contributed by atoms with Crippen LogP contribution in [0.15, 0.2) is 30.3 Å². The predicted molar refractivity (Wildman–Crippen MR) is 137 cm³/mol. The number of piperazine rings is 1. The summed E-state index contributed by atoms with van der Waals surface area (Å²) >= 11 is 0. The lowest BCUT2D eigenvalue weighted by Gasteiger charge is -2.36. The molecule has 1 saturated heterocycles. The minimum atomic E-state index is -0.0455. The van der Waals surface area contributed by atoms with Crippen molar-refractivity contribution in [3.8, 4) is 22.8 Å². The lowest BCUT2D eigenvalue weighted by atomic mass is 10.1. The Balaban J connectivity index is 1.58. The van der Waals surface area contributed by atoms with E-state index < -0.39 is 0 Å². The second-order valence-corrected chi connectivity index (χ2v) is 9.12. The van der Waals surface area contributed by atoms with Crippen LogP contribution in [0.1, 0.15) is 20.3 Å². The summed E-state index contributed by atoms with van der Waals surface area (Å²) in [6, 6.07) is 9.41. The standard InChI is InChI=1S/C26H37N5O5/c1-19(2)16-25(32)31(14-15-34-3)18-26(33)30-12-10-29(11-13-30)24-9-8-22(27-28-24)21-7-6-20(35-4)17-23(21)36-5/h6-9,17,19H,10-16,18H2,1-5H3. The van der Waals surface area contributed by atoms with Gasteiger partial charge in [0.1, 0.15) is 11.5 Å². The minimum Gasteiger partial charge on any atom is -0.497 e. The first kappa shape index (κ1) is 27.2. The number of carbonyl (C=O) groups is 2. The van der Waals surface area contributed by atoms with E-state index in [1.165, 1.54) is 0 Å². The number of methoxy groups -OCH3 is 3. The molecule has 0 N–H and O–H groups in total. The maximum atomic E-state index is 12.9. The highest BCUT2D eigenvalue weighted by molar-refractivity contribution is 5.85. The van der Waals surface area contributed by atoms with Crippen molar-refractivity contribution in [3.05, 3.63) is 30.3 Å². The monoisotopic (exact) mass is 499 g/mol. The predicted octanol–water partition coefficient (Wildman–Crippen LogP) is 2.33. The molecule has 0 unspecified atom stereocenters. The molecule has 3 rings (SSSR count). The van der Waals surface area contributed by atoms with Crippen LogP contribution in [0.25, 0.3) is 11.3 Å². The van der Waals surface area contributed by atoms with Gasteiger partial charge in [-0.25, -0.2) is 0 Å². The summed E-state index contributed by atoms with van der Waals surface area (Å²) in [6.07, 6.45) is 0.418. The van der Waals surface area contributed by atoms with Crippen molar-refractivity contribution in [1.29, 1.82) is 0 Å². The van der Waals surface area contributed by atoms with Gasteiger partial charge >= 0.3 is 0 Å². The average Bonchev–Trinajstić information content (AvgIpc) is 2.90. The molecule has 0 atom stereocenters. The van der Waals surface area contributed by atoms with Gasteiger partial charge in [-0.05, 0) is 30.2 Å². The highest BCUT2D eigenvalue weighted by atomic mass is 16.5. The molecule has 2 heterocycles. The lowest BCUT2D eigenvalue weighted by molar-refractivity contribution is -0.141. The second kappa shape index (κ2) is 13.1. The van der Waals surface area contributed by atoms with Crippen LogP contribution in [-0.2, 0) is 14.3 Å². The summed E-state index contributed by atoms with van der Waals surface area (Å²) in [5.41, 5.74) is 1.53. The number of ether oxygens (including phenoxy) is 3. The molecule has 1 aromatic carbocycles. The third-order valence-electron chi connectivity index (χ3n) is 6.12. The van der Waals surface area contributed by atoms with Gasteiger partial charge in [0.2, 0.25) is 11.8 Å². The first-order chi connectivity index (χ1) is 17.4. The molecule has 36 heavy (non-hydrogen) atoms. The molecule has 2 aromatic rings. The number of amides is 2. The zero-order valence-corrected chi connectivity index (χ0v) is 21.9. The molecular formula is C26H37N5O5. The molecule has 0 bridgehead atoms. The molecule has 1 aromatic heterocycles. The molecule has 1 aliphatic rings. The molecule has 196 valence electrons. The van der Waals surface area contributed by atoms with Crippen LogP contribution in [0.3, 0.4) is 0 Å². The van der Waals surface area contributed by atoms with Crippen molar-refractivity contribution in [2.45, 2.75) is 20.3 Å². The van der Waals surface area contributed by atoms with Gasteiger partial charge in [0, 0.05) is 57.9 Å². The molecule has 1 fully saturated rings. The lowest BCUT2D eigenvalue weighted by Crippen LogP contribution is -2.52. The number of nitrogens with zero attached hydrogens (tertiary/aromatic N) is 5. The van der Waals surface area contributed by atoms with Gasteiger partial charge in [-0.1, -0.05) is 13.8 Å². The first-order valence-electron chi connectivity index (χ1n) is 12.2. The number of rotatable bonds is 11. The fourth-order valence-electron chi connectivity index (χ4n) is 4.07. The molecule has 0 spiro atoms. The molecular weight excluding hydrogens is 462 g/mol. The third-order valence-corrected chi connectivity index (χ3v) is 6.12. The van der Waals surface area contributed by atoms with E-state index in [1.54, 1.807) is 26.2 Å². The van der Waals surface area contributed by atoms with Gasteiger partial charge in [0.05, 0.1) is 33.1 Å². The molecule has 0 radical (unpaired) electrons. The quantitative estimate of drug-likeness (QED) is 0.465. The topological polar surface area (TPSA) is 97.3 Å². The number of anilines is 1. The molecule has 10 heteroatoms. The molecule has 0 aliphatic carbocycles. The zero-order chi connectivity index (χ0) is 26.1. The summed E-state index contributed by atoms with van der Waals surface area (Å²) < 4.78 is 15.9. The van der Waals surface area contributed by atoms with Crippen molar-refractivity contribution in [1.82, 2.24) is 20.0 Å². The van der Waals surface area contributed by atoms with E-state index in [0.717, 1.165) is 11.4 Å². The Morgan fingerprint density at radius 3 is 2.33 bits per heavy atom. The first-order valence-corrected chi connectivity index (χ1v) is 12.2. The molecule has 10 nitrogen and oxygen atoms in total. The van der Waals surface area contributed by atoms with Gasteiger partial charge in [-0.2, -0.15) is 0 Å². The second-order valence-electron chi connectivity index (χ2n) is 9.12. The molecule has 1 aliphatic heterocycles. The summed E-state index contributed by atoms with van der Waals surface area (Å²) in [7, 11) is 4.81. The largest absolute Gasteiger partial charge is 0.497 e. The zero-order valence-electron chi connectivity index (χ0n) is 21.9. The van der Waals surface area contributed by atoms with Crippen LogP contribution < -0.4 is 14.4 Å². The Labute approximate surface area is 213 Å². The van der Waals surface area contributed by atoms with Gasteiger partial charge in [0.25, 0.3) is 0 Å². The normalized spacial score (nSPS) is 13.6. The maximum Gasteiger partial charge on any atom is 0.242 e. The highest BCUT2D eigenvalue weighted by Gasteiger charge is 2.25. The Hall–Kier alpha value is -3.40. The minimum absolute atomic E-state index is 0.0158. The van der Waals surface area contributed by atoms with Gasteiger partial charge in [-0.15, -0.1) is 10.2 Å². The summed E-state index contributed by atoms with van der Waals surface area (Å²) in [5, 5.41) is 8.82. The number of aromatic nitrogens is 2. The van der Waals surface area contributed by atoms with Crippen molar-refractivity contribution in [2.75, 3.05) is 72.1 Å². The Bertz CT molecular complexity index is 1010. The van der Waals surface area contributed by atoms with Crippen molar-refractivity contribution in [2.24, 2.45) is 5.92 Å². The van der Waals surface area contributed by atoms with E-state index in [1.807, 2.05) is 49.1 Å². The van der Waals surface area contributed by atoms with E-state index in [2.05, 4.69) is 15.1 Å². The fraction of sp³-hybridized carbons (Fsp3) is 0.538. The van der Waals surface area contributed by atoms with Crippen molar-refractivity contribution >= 4 is 17.6 Å². The summed E-state index contributed by atoms with van der Waals surface area (Å²) in [5.74, 6) is 2.30. The van der Waals surface area contributed by atoms with E-state index in [9.17, 15) is 9.59 Å². The summed E-state index contributed by atoms with van der Waals surface area (Å²) in [6.45, 7) is 7.29. The molecule has 2 amide bonds. The van der Waals surface area contributed by atoms with Gasteiger partial charge in [0.15, 0.2) is 5.82 Å².